The van der Waals surface area contributed by atoms with Gasteiger partial charge in [0.05, 0.1) is 11.6 Å². The van der Waals surface area contributed by atoms with Gasteiger partial charge in [0.15, 0.2) is 5.78 Å². The van der Waals surface area contributed by atoms with Crippen LogP contribution in [0.25, 0.3) is 11.3 Å². The van der Waals surface area contributed by atoms with Crippen molar-refractivity contribution in [1.82, 2.24) is 14.7 Å². The molecule has 2 N–H and O–H groups in total. The Balaban J connectivity index is 1.63. The summed E-state index contributed by atoms with van der Waals surface area (Å²) < 4.78 is 7.47. The van der Waals surface area contributed by atoms with Crippen LogP contribution < -0.4 is 10.5 Å². The maximum absolute atomic E-state index is 12.4. The molecule has 0 spiro atoms. The van der Waals surface area contributed by atoms with Gasteiger partial charge in [-0.3, -0.25) is 9.59 Å². The second-order valence-electron chi connectivity index (χ2n) is 7.39. The number of nitrogens with zero attached hydrogens (tertiary/aromatic N) is 3. The molecule has 3 aromatic rings. The van der Waals surface area contributed by atoms with E-state index in [4.69, 9.17) is 16.9 Å². The molecule has 156 valence electrons. The van der Waals surface area contributed by atoms with Crippen molar-refractivity contribution in [2.24, 2.45) is 0 Å². The molecule has 0 unspecified atom stereocenters. The number of benzene rings is 2. The molecule has 0 aliphatic carbocycles. The Labute approximate surface area is 180 Å². The smallest absolute Gasteiger partial charge is 0.298 e. The fourth-order valence-electron chi connectivity index (χ4n) is 3.80. The van der Waals surface area contributed by atoms with Crippen molar-refractivity contribution in [1.29, 1.82) is 0 Å². The first-order valence-corrected chi connectivity index (χ1v) is 9.95. The van der Waals surface area contributed by atoms with Crippen LogP contribution in [0, 0.1) is 12.3 Å². The van der Waals surface area contributed by atoms with E-state index < -0.39 is 0 Å². The topological polar surface area (TPSA) is 90.5 Å². The SMILES string of the molecule is C#CC(=O)N1CC[C@@H](n2nc(-c3ccc(Oc4ccccc4)cc3)c(C(C)=O)c2N)C1. The third kappa shape index (κ3) is 4.01. The van der Waals surface area contributed by atoms with Gasteiger partial charge in [-0.1, -0.05) is 18.2 Å². The molecule has 0 radical (unpaired) electrons. The van der Waals surface area contributed by atoms with Crippen molar-refractivity contribution >= 4 is 17.5 Å². The Morgan fingerprint density at radius 2 is 1.81 bits per heavy atom. The number of ether oxygens (including phenoxy) is 1. The van der Waals surface area contributed by atoms with Crippen molar-refractivity contribution in [3.8, 4) is 35.1 Å². The fourth-order valence-corrected chi connectivity index (χ4v) is 3.80. The van der Waals surface area contributed by atoms with E-state index >= 15 is 0 Å². The summed E-state index contributed by atoms with van der Waals surface area (Å²) in [7, 11) is 0. The molecule has 7 nitrogen and oxygen atoms in total. The van der Waals surface area contributed by atoms with Gasteiger partial charge in [-0.25, -0.2) is 4.68 Å². The zero-order valence-electron chi connectivity index (χ0n) is 17.1. The van der Waals surface area contributed by atoms with Crippen LogP contribution >= 0.6 is 0 Å². The number of ketones is 1. The summed E-state index contributed by atoms with van der Waals surface area (Å²) in [6.45, 7) is 2.41. The van der Waals surface area contributed by atoms with Gasteiger partial charge in [0.25, 0.3) is 5.91 Å². The zero-order chi connectivity index (χ0) is 22.0. The Kier molecular flexibility index (Phi) is 5.46. The number of carbonyl (C=O) groups excluding carboxylic acids is 2. The van der Waals surface area contributed by atoms with Gasteiger partial charge in [-0.2, -0.15) is 5.10 Å². The molecule has 1 atom stereocenters. The number of aromatic nitrogens is 2. The van der Waals surface area contributed by atoms with E-state index in [1.54, 1.807) is 9.58 Å². The second kappa shape index (κ2) is 8.36. The number of Topliss-reactive ketones (excluding diaryl/α,β-unsaturated/α-hetero) is 1. The number of para-hydroxylation sites is 1. The maximum atomic E-state index is 12.4. The third-order valence-corrected chi connectivity index (χ3v) is 5.33. The van der Waals surface area contributed by atoms with E-state index in [0.29, 0.717) is 42.3 Å². The Hall–Kier alpha value is -4.05. The first kappa shape index (κ1) is 20.2. The van der Waals surface area contributed by atoms with Crippen molar-refractivity contribution in [3.63, 3.8) is 0 Å². The molecule has 0 saturated carbocycles. The molecule has 1 saturated heterocycles. The van der Waals surface area contributed by atoms with Gasteiger partial charge in [0, 0.05) is 18.7 Å². The average molecular weight is 414 g/mol. The van der Waals surface area contributed by atoms with Gasteiger partial charge >= 0.3 is 0 Å². The number of nitrogens with two attached hydrogens (primary N) is 1. The molecule has 1 aliphatic rings. The number of anilines is 1. The number of amides is 1. The van der Waals surface area contributed by atoms with E-state index in [9.17, 15) is 9.59 Å². The predicted octanol–water partition coefficient (Wildman–Crippen LogP) is 3.53. The molecular formula is C24H22N4O3. The number of hydrogen-bond acceptors (Lipinski definition) is 5. The molecule has 1 aromatic heterocycles. The Morgan fingerprint density at radius 3 is 2.45 bits per heavy atom. The van der Waals surface area contributed by atoms with Crippen LogP contribution in [0.4, 0.5) is 5.82 Å². The molecule has 2 aromatic carbocycles. The first-order valence-electron chi connectivity index (χ1n) is 9.95. The molecule has 7 heteroatoms. The zero-order valence-corrected chi connectivity index (χ0v) is 17.1. The largest absolute Gasteiger partial charge is 0.457 e. The fraction of sp³-hybridized carbons (Fsp3) is 0.208. The lowest BCUT2D eigenvalue weighted by molar-refractivity contribution is -0.124. The average Bonchev–Trinajstić information content (AvgIpc) is 3.39. The van der Waals surface area contributed by atoms with Gasteiger partial charge in [0.1, 0.15) is 23.0 Å². The molecular weight excluding hydrogens is 392 g/mol. The lowest BCUT2D eigenvalue weighted by atomic mass is 10.0. The molecule has 0 bridgehead atoms. The first-order chi connectivity index (χ1) is 15.0. The predicted molar refractivity (Wildman–Crippen MR) is 118 cm³/mol. The monoisotopic (exact) mass is 414 g/mol. The second-order valence-corrected chi connectivity index (χ2v) is 7.39. The summed E-state index contributed by atoms with van der Waals surface area (Å²) in [4.78, 5) is 25.8. The molecule has 1 amide bonds. The van der Waals surface area contributed by atoms with Crippen LogP contribution in [0.5, 0.6) is 11.5 Å². The van der Waals surface area contributed by atoms with E-state index in [1.165, 1.54) is 6.92 Å². The summed E-state index contributed by atoms with van der Waals surface area (Å²) >= 11 is 0. The number of rotatable bonds is 5. The van der Waals surface area contributed by atoms with Crippen molar-refractivity contribution in [3.05, 3.63) is 60.2 Å². The maximum Gasteiger partial charge on any atom is 0.298 e. The molecule has 31 heavy (non-hydrogen) atoms. The van der Waals surface area contributed by atoms with Gasteiger partial charge in [0.2, 0.25) is 0 Å². The van der Waals surface area contributed by atoms with Crippen LogP contribution in [0.1, 0.15) is 29.7 Å². The molecule has 4 rings (SSSR count). The lowest BCUT2D eigenvalue weighted by Crippen LogP contribution is -2.28. The number of nitrogen functional groups attached to an aromatic ring is 1. The van der Waals surface area contributed by atoms with Gasteiger partial charge in [-0.05, 0) is 55.7 Å². The van der Waals surface area contributed by atoms with Gasteiger partial charge in [-0.15, -0.1) is 6.42 Å². The highest BCUT2D eigenvalue weighted by molar-refractivity contribution is 6.04. The summed E-state index contributed by atoms with van der Waals surface area (Å²) in [6.07, 6.45) is 5.89. The minimum Gasteiger partial charge on any atom is -0.457 e. The lowest BCUT2D eigenvalue weighted by Gasteiger charge is -2.14. The number of likely N-dealkylation sites (tertiary alicyclic amines) is 1. The number of carbonyl (C=O) groups is 2. The van der Waals surface area contributed by atoms with Crippen LogP contribution in [-0.4, -0.2) is 39.5 Å². The highest BCUT2D eigenvalue weighted by Crippen LogP contribution is 2.33. The number of hydrogen-bond donors (Lipinski definition) is 1. The van der Waals surface area contributed by atoms with E-state index in [0.717, 1.165) is 11.3 Å². The van der Waals surface area contributed by atoms with Crippen LogP contribution in [0.3, 0.4) is 0 Å². The summed E-state index contributed by atoms with van der Waals surface area (Å²) in [5.41, 5.74) is 7.96. The number of terminal acetylenes is 1. The molecule has 1 fully saturated rings. The summed E-state index contributed by atoms with van der Waals surface area (Å²) in [5, 5.41) is 4.66. The van der Waals surface area contributed by atoms with Crippen molar-refractivity contribution in [2.75, 3.05) is 18.8 Å². The van der Waals surface area contributed by atoms with Crippen molar-refractivity contribution in [2.45, 2.75) is 19.4 Å². The molecule has 1 aliphatic heterocycles. The summed E-state index contributed by atoms with van der Waals surface area (Å²) in [5.74, 6) is 3.32. The van der Waals surface area contributed by atoms with E-state index in [2.05, 4.69) is 11.0 Å². The third-order valence-electron chi connectivity index (χ3n) is 5.33. The standard InChI is InChI=1S/C24H22N4O3/c1-3-21(30)27-14-13-18(15-27)28-24(25)22(16(2)29)23(26-28)17-9-11-20(12-10-17)31-19-7-5-4-6-8-19/h1,4-12,18H,13-15,25H2,2H3/t18-/m1/s1. The normalized spacial score (nSPS) is 15.5. The highest BCUT2D eigenvalue weighted by Gasteiger charge is 2.31. The Morgan fingerprint density at radius 1 is 1.13 bits per heavy atom. The summed E-state index contributed by atoms with van der Waals surface area (Å²) in [6, 6.07) is 16.7. The Bertz CT molecular complexity index is 1160. The minimum absolute atomic E-state index is 0.134. The van der Waals surface area contributed by atoms with E-state index in [-0.39, 0.29) is 17.7 Å². The van der Waals surface area contributed by atoms with Gasteiger partial charge < -0.3 is 15.4 Å². The highest BCUT2D eigenvalue weighted by atomic mass is 16.5. The van der Waals surface area contributed by atoms with Crippen LogP contribution in [-0.2, 0) is 4.79 Å². The van der Waals surface area contributed by atoms with Crippen LogP contribution in [0.15, 0.2) is 54.6 Å². The quantitative estimate of drug-likeness (QED) is 0.509. The van der Waals surface area contributed by atoms with Crippen LogP contribution in [0.2, 0.25) is 0 Å². The van der Waals surface area contributed by atoms with Crippen molar-refractivity contribution < 1.29 is 14.3 Å². The van der Waals surface area contributed by atoms with E-state index in [1.807, 2.05) is 54.6 Å². The molecule has 2 heterocycles. The minimum atomic E-state index is -0.353.